The topological polar surface area (TPSA) is 112 Å². The number of anilines is 1. The van der Waals surface area contributed by atoms with E-state index in [-0.39, 0.29) is 4.90 Å². The maximum absolute atomic E-state index is 13.1. The Morgan fingerprint density at radius 2 is 1.96 bits per heavy atom. The summed E-state index contributed by atoms with van der Waals surface area (Å²) in [7, 11) is -2.53. The summed E-state index contributed by atoms with van der Waals surface area (Å²) < 4.78 is 32.4. The molecule has 24 heavy (non-hydrogen) atoms. The van der Waals surface area contributed by atoms with E-state index in [0.717, 1.165) is 4.31 Å². The molecule has 0 bridgehead atoms. The first-order chi connectivity index (χ1) is 11.5. The predicted molar refractivity (Wildman–Crippen MR) is 85.3 cm³/mol. The molecule has 1 aliphatic rings. The normalized spacial score (nSPS) is 15.6. The molecule has 0 atom stereocenters. The number of benzene rings is 1. The number of H-pyrrole nitrogens is 1. The summed E-state index contributed by atoms with van der Waals surface area (Å²) in [6, 6.07) is 7.47. The number of rotatable bonds is 6. The lowest BCUT2D eigenvalue weighted by Crippen LogP contribution is -2.51. The molecule has 3 N–H and O–H groups in total. The van der Waals surface area contributed by atoms with Gasteiger partial charge in [-0.3, -0.25) is 10.0 Å². The highest BCUT2D eigenvalue weighted by Gasteiger charge is 2.59. The third kappa shape index (κ3) is 2.51. The fourth-order valence-corrected chi connectivity index (χ4v) is 4.46. The summed E-state index contributed by atoms with van der Waals surface area (Å²) >= 11 is 0. The number of aromatic amines is 1. The van der Waals surface area contributed by atoms with Gasteiger partial charge in [0.05, 0.1) is 17.7 Å². The Bertz CT molecular complexity index is 827. The Balaban J connectivity index is 2.10. The lowest BCUT2D eigenvalue weighted by Gasteiger charge is -2.30. The first kappa shape index (κ1) is 16.3. The van der Waals surface area contributed by atoms with Crippen molar-refractivity contribution in [1.29, 1.82) is 0 Å². The van der Waals surface area contributed by atoms with Gasteiger partial charge in [-0.05, 0) is 43.2 Å². The van der Waals surface area contributed by atoms with Crippen LogP contribution in [0.1, 0.15) is 12.8 Å². The Kier molecular flexibility index (Phi) is 3.98. The molecule has 0 saturated heterocycles. The van der Waals surface area contributed by atoms with Crippen LogP contribution < -0.4 is 14.5 Å². The quantitative estimate of drug-likeness (QED) is 0.536. The van der Waals surface area contributed by atoms with Crippen molar-refractivity contribution < 1.29 is 23.2 Å². The maximum Gasteiger partial charge on any atom is 0.270 e. The van der Waals surface area contributed by atoms with Crippen molar-refractivity contribution in [2.75, 3.05) is 11.4 Å². The molecule has 128 valence electrons. The van der Waals surface area contributed by atoms with Crippen molar-refractivity contribution in [2.24, 2.45) is 0 Å². The molecule has 1 heterocycles. The number of carbonyl (C=O) groups excluding carboxylic acids is 1. The van der Waals surface area contributed by atoms with Crippen LogP contribution in [0.2, 0.25) is 0 Å². The third-order valence-electron chi connectivity index (χ3n) is 4.05. The van der Waals surface area contributed by atoms with Crippen molar-refractivity contribution in [1.82, 2.24) is 10.5 Å². The van der Waals surface area contributed by atoms with E-state index >= 15 is 0 Å². The van der Waals surface area contributed by atoms with E-state index < -0.39 is 21.5 Å². The van der Waals surface area contributed by atoms with Crippen LogP contribution in [-0.2, 0) is 14.8 Å². The largest absolute Gasteiger partial charge is 0.497 e. The average Bonchev–Trinajstić information content (AvgIpc) is 3.20. The standard InChI is InChI=1S/C15H17N3O5S/c1-23-12-2-4-13(5-3-12)24(21,22)18(11-6-9-16-10-11)15(7-8-15)14(19)17-20/h2-6,9-10,16,20H,7-8H2,1H3,(H,17,19). The number of aromatic nitrogens is 1. The molecule has 0 aliphatic heterocycles. The van der Waals surface area contributed by atoms with E-state index in [4.69, 9.17) is 9.94 Å². The summed E-state index contributed by atoms with van der Waals surface area (Å²) in [4.78, 5) is 14.9. The molecule has 1 amide bonds. The van der Waals surface area contributed by atoms with Crippen LogP contribution in [0.4, 0.5) is 5.69 Å². The molecule has 1 saturated carbocycles. The van der Waals surface area contributed by atoms with Gasteiger partial charge in [-0.25, -0.2) is 18.2 Å². The van der Waals surface area contributed by atoms with Gasteiger partial charge < -0.3 is 9.72 Å². The van der Waals surface area contributed by atoms with Crippen molar-refractivity contribution in [3.8, 4) is 5.75 Å². The van der Waals surface area contributed by atoms with Gasteiger partial charge in [-0.1, -0.05) is 0 Å². The summed E-state index contributed by atoms with van der Waals surface area (Å²) in [5.74, 6) is -0.225. The first-order valence-electron chi connectivity index (χ1n) is 7.22. The summed E-state index contributed by atoms with van der Waals surface area (Å²) in [6.45, 7) is 0. The molecule has 8 nitrogen and oxygen atoms in total. The van der Waals surface area contributed by atoms with Crippen LogP contribution in [-0.4, -0.2) is 37.2 Å². The van der Waals surface area contributed by atoms with Crippen molar-refractivity contribution in [3.63, 3.8) is 0 Å². The van der Waals surface area contributed by atoms with Crippen molar-refractivity contribution in [3.05, 3.63) is 42.7 Å². The number of amides is 1. The van der Waals surface area contributed by atoms with Gasteiger partial charge >= 0.3 is 0 Å². The van der Waals surface area contributed by atoms with Crippen LogP contribution >= 0.6 is 0 Å². The molecule has 1 aliphatic carbocycles. The second-order valence-electron chi connectivity index (χ2n) is 5.49. The number of carbonyl (C=O) groups is 1. The van der Waals surface area contributed by atoms with Gasteiger partial charge in [-0.15, -0.1) is 0 Å². The van der Waals surface area contributed by atoms with E-state index in [2.05, 4.69) is 4.98 Å². The molecule has 9 heteroatoms. The monoisotopic (exact) mass is 351 g/mol. The second kappa shape index (κ2) is 5.84. The number of ether oxygens (including phenoxy) is 1. The van der Waals surface area contributed by atoms with Crippen LogP contribution in [0.3, 0.4) is 0 Å². The lowest BCUT2D eigenvalue weighted by molar-refractivity contribution is -0.131. The minimum Gasteiger partial charge on any atom is -0.497 e. The Hall–Kier alpha value is -2.52. The van der Waals surface area contributed by atoms with Crippen LogP contribution in [0.15, 0.2) is 47.6 Å². The first-order valence-corrected chi connectivity index (χ1v) is 8.66. The minimum atomic E-state index is -4.01. The Morgan fingerprint density at radius 1 is 1.29 bits per heavy atom. The number of nitrogens with one attached hydrogen (secondary N) is 2. The molecule has 0 unspecified atom stereocenters. The van der Waals surface area contributed by atoms with Crippen LogP contribution in [0.25, 0.3) is 0 Å². The highest BCUT2D eigenvalue weighted by Crippen LogP contribution is 2.47. The zero-order valence-corrected chi connectivity index (χ0v) is 13.7. The molecule has 0 spiro atoms. The molecular weight excluding hydrogens is 334 g/mol. The molecule has 0 radical (unpaired) electrons. The average molecular weight is 351 g/mol. The van der Waals surface area contributed by atoms with E-state index in [1.165, 1.54) is 37.6 Å². The molecule has 1 fully saturated rings. The number of hydroxylamine groups is 1. The number of methoxy groups -OCH3 is 1. The van der Waals surface area contributed by atoms with Crippen LogP contribution in [0.5, 0.6) is 5.75 Å². The zero-order chi connectivity index (χ0) is 17.4. The van der Waals surface area contributed by atoms with E-state index in [1.807, 2.05) is 0 Å². The highest BCUT2D eigenvalue weighted by molar-refractivity contribution is 7.93. The number of nitrogens with zero attached hydrogens (tertiary/aromatic N) is 1. The van der Waals surface area contributed by atoms with Gasteiger partial charge in [0.1, 0.15) is 11.3 Å². The minimum absolute atomic E-state index is 0.0292. The van der Waals surface area contributed by atoms with Crippen molar-refractivity contribution >= 4 is 21.6 Å². The molecule has 3 rings (SSSR count). The maximum atomic E-state index is 13.1. The predicted octanol–water partition coefficient (Wildman–Crippen LogP) is 1.26. The van der Waals surface area contributed by atoms with Gasteiger partial charge in [0.2, 0.25) is 0 Å². The molecular formula is C15H17N3O5S. The Morgan fingerprint density at radius 3 is 2.42 bits per heavy atom. The van der Waals surface area contributed by atoms with E-state index in [1.54, 1.807) is 17.7 Å². The lowest BCUT2D eigenvalue weighted by atomic mass is 10.2. The third-order valence-corrected chi connectivity index (χ3v) is 5.96. The molecule has 1 aromatic heterocycles. The van der Waals surface area contributed by atoms with Gasteiger partial charge in [0.25, 0.3) is 15.9 Å². The second-order valence-corrected chi connectivity index (χ2v) is 7.27. The van der Waals surface area contributed by atoms with E-state index in [9.17, 15) is 13.2 Å². The summed E-state index contributed by atoms with van der Waals surface area (Å²) in [5.41, 5.74) is 0.579. The summed E-state index contributed by atoms with van der Waals surface area (Å²) in [6.07, 6.45) is 3.70. The van der Waals surface area contributed by atoms with E-state index in [0.29, 0.717) is 24.3 Å². The SMILES string of the molecule is COc1ccc(S(=O)(=O)N(c2cc[nH]c2)C2(C(=O)NO)CC2)cc1. The highest BCUT2D eigenvalue weighted by atomic mass is 32.2. The zero-order valence-electron chi connectivity index (χ0n) is 12.9. The van der Waals surface area contributed by atoms with Crippen LogP contribution in [0, 0.1) is 0 Å². The fourth-order valence-electron chi connectivity index (χ4n) is 2.66. The van der Waals surface area contributed by atoms with Gasteiger partial charge in [-0.2, -0.15) is 0 Å². The van der Waals surface area contributed by atoms with Gasteiger partial charge in [0, 0.05) is 12.4 Å². The molecule has 1 aromatic carbocycles. The smallest absolute Gasteiger partial charge is 0.270 e. The molecule has 2 aromatic rings. The number of hydrogen-bond donors (Lipinski definition) is 3. The Labute approximate surface area is 139 Å². The number of hydrogen-bond acceptors (Lipinski definition) is 5. The number of sulfonamides is 1. The van der Waals surface area contributed by atoms with Gasteiger partial charge in [0.15, 0.2) is 0 Å². The van der Waals surface area contributed by atoms with Crippen molar-refractivity contribution in [2.45, 2.75) is 23.3 Å². The fraction of sp³-hybridized carbons (Fsp3) is 0.267. The summed E-state index contributed by atoms with van der Waals surface area (Å²) in [5, 5.41) is 9.02.